The van der Waals surface area contributed by atoms with E-state index in [1.165, 1.54) is 0 Å². The van der Waals surface area contributed by atoms with Crippen LogP contribution in [0.15, 0.2) is 23.0 Å². The molecule has 2 amide bonds. The molecule has 0 saturated carbocycles. The van der Waals surface area contributed by atoms with Gasteiger partial charge in [-0.15, -0.1) is 0 Å². The lowest BCUT2D eigenvalue weighted by molar-refractivity contribution is 0.191. The van der Waals surface area contributed by atoms with Crippen LogP contribution in [-0.4, -0.2) is 62.3 Å². The van der Waals surface area contributed by atoms with Crippen molar-refractivity contribution in [3.05, 3.63) is 24.2 Å². The number of hydrogen-bond donors (Lipinski definition) is 2. The molecule has 1 saturated heterocycles. The molecule has 6 nitrogen and oxygen atoms in total. The number of ether oxygens (including phenoxy) is 1. The van der Waals surface area contributed by atoms with Crippen LogP contribution in [0.3, 0.4) is 0 Å². The lowest BCUT2D eigenvalue weighted by Crippen LogP contribution is -2.45. The van der Waals surface area contributed by atoms with E-state index in [0.29, 0.717) is 19.7 Å². The van der Waals surface area contributed by atoms with Crippen LogP contribution in [0, 0.1) is 0 Å². The first kappa shape index (κ1) is 16.2. The molecule has 1 unspecified atom stereocenters. The molecule has 2 N–H and O–H groups in total. The second-order valence-corrected chi connectivity index (χ2v) is 6.08. The zero-order chi connectivity index (χ0) is 14.9. The topological polar surface area (TPSA) is 66.7 Å². The second-order valence-electron chi connectivity index (χ2n) is 4.85. The van der Waals surface area contributed by atoms with Crippen LogP contribution < -0.4 is 10.6 Å². The Labute approximate surface area is 129 Å². The molecular weight excluding hydrogens is 290 g/mol. The van der Waals surface area contributed by atoms with Crippen molar-refractivity contribution < 1.29 is 13.9 Å². The maximum Gasteiger partial charge on any atom is 0.314 e. The summed E-state index contributed by atoms with van der Waals surface area (Å²) in [4.78, 5) is 14.2. The van der Waals surface area contributed by atoms with E-state index >= 15 is 0 Å². The molecule has 118 valence electrons. The van der Waals surface area contributed by atoms with Crippen LogP contribution >= 0.6 is 11.8 Å². The summed E-state index contributed by atoms with van der Waals surface area (Å²) in [6.07, 6.45) is 3.44. The number of carbonyl (C=O) groups excluding carboxylic acids is 1. The van der Waals surface area contributed by atoms with E-state index in [1.807, 2.05) is 17.8 Å². The smallest absolute Gasteiger partial charge is 0.314 e. The van der Waals surface area contributed by atoms with Crippen molar-refractivity contribution in [2.75, 3.05) is 51.4 Å². The lowest BCUT2D eigenvalue weighted by Gasteiger charge is -2.33. The summed E-state index contributed by atoms with van der Waals surface area (Å²) < 4.78 is 10.1. The highest BCUT2D eigenvalue weighted by Gasteiger charge is 2.23. The number of rotatable bonds is 7. The fraction of sp³-hybridized carbons (Fsp3) is 0.643. The summed E-state index contributed by atoms with van der Waals surface area (Å²) in [5.41, 5.74) is 1.11. The minimum Gasteiger partial charge on any atom is -0.472 e. The molecule has 0 aromatic carbocycles. The summed E-state index contributed by atoms with van der Waals surface area (Å²) in [5, 5.41) is 5.70. The molecule has 2 heterocycles. The summed E-state index contributed by atoms with van der Waals surface area (Å²) in [7, 11) is 1.61. The lowest BCUT2D eigenvalue weighted by atomic mass is 10.1. The molecule has 1 aliphatic rings. The van der Waals surface area contributed by atoms with Crippen LogP contribution in [0.1, 0.15) is 11.6 Å². The molecule has 0 radical (unpaired) electrons. The van der Waals surface area contributed by atoms with Crippen LogP contribution in [0.2, 0.25) is 0 Å². The van der Waals surface area contributed by atoms with Gasteiger partial charge in [0, 0.05) is 50.4 Å². The standard InChI is InChI=1S/C14H23N3O3S/c1-19-7-3-15-14(18)16-10-13(12-2-6-20-11-12)17-4-8-21-9-5-17/h2,6,11,13H,3-5,7-10H2,1H3,(H2,15,16,18). The summed E-state index contributed by atoms with van der Waals surface area (Å²) >= 11 is 1.97. The third kappa shape index (κ3) is 5.26. The first-order valence-corrected chi connectivity index (χ1v) is 8.31. The molecule has 1 aliphatic heterocycles. The first-order chi connectivity index (χ1) is 10.3. The van der Waals surface area contributed by atoms with Gasteiger partial charge in [0.25, 0.3) is 0 Å². The SMILES string of the molecule is COCCNC(=O)NCC(c1ccoc1)N1CCSCC1. The summed E-state index contributed by atoms with van der Waals surface area (Å²) in [6.45, 7) is 3.67. The highest BCUT2D eigenvalue weighted by atomic mass is 32.2. The quantitative estimate of drug-likeness (QED) is 0.743. The van der Waals surface area contributed by atoms with Crippen molar-refractivity contribution in [1.82, 2.24) is 15.5 Å². The van der Waals surface area contributed by atoms with Crippen molar-refractivity contribution >= 4 is 17.8 Å². The van der Waals surface area contributed by atoms with Gasteiger partial charge in [0.15, 0.2) is 0 Å². The number of nitrogens with one attached hydrogen (secondary N) is 2. The van der Waals surface area contributed by atoms with Crippen molar-refractivity contribution in [1.29, 1.82) is 0 Å². The maximum absolute atomic E-state index is 11.8. The minimum atomic E-state index is -0.160. The number of hydrogen-bond acceptors (Lipinski definition) is 5. The van der Waals surface area contributed by atoms with Gasteiger partial charge >= 0.3 is 6.03 Å². The highest BCUT2D eigenvalue weighted by Crippen LogP contribution is 2.23. The van der Waals surface area contributed by atoms with Gasteiger partial charge in [-0.2, -0.15) is 11.8 Å². The van der Waals surface area contributed by atoms with E-state index in [4.69, 9.17) is 9.15 Å². The minimum absolute atomic E-state index is 0.160. The van der Waals surface area contributed by atoms with Gasteiger partial charge in [0.1, 0.15) is 0 Å². The zero-order valence-corrected chi connectivity index (χ0v) is 13.2. The number of thioether (sulfide) groups is 1. The number of carbonyl (C=O) groups is 1. The largest absolute Gasteiger partial charge is 0.472 e. The molecular formula is C14H23N3O3S. The Morgan fingerprint density at radius 1 is 1.48 bits per heavy atom. The van der Waals surface area contributed by atoms with Crippen molar-refractivity contribution in [3.63, 3.8) is 0 Å². The highest BCUT2D eigenvalue weighted by molar-refractivity contribution is 7.99. The molecule has 1 aromatic rings. The predicted octanol–water partition coefficient (Wildman–Crippen LogP) is 1.32. The molecule has 0 spiro atoms. The molecule has 21 heavy (non-hydrogen) atoms. The molecule has 7 heteroatoms. The van der Waals surface area contributed by atoms with Gasteiger partial charge in [-0.25, -0.2) is 4.79 Å². The Balaban J connectivity index is 1.86. The number of amides is 2. The third-order valence-corrected chi connectivity index (χ3v) is 4.40. The van der Waals surface area contributed by atoms with E-state index < -0.39 is 0 Å². The summed E-state index contributed by atoms with van der Waals surface area (Å²) in [6, 6.07) is 1.97. The predicted molar refractivity (Wildman–Crippen MR) is 83.6 cm³/mol. The van der Waals surface area contributed by atoms with Gasteiger partial charge in [-0.1, -0.05) is 0 Å². The van der Waals surface area contributed by atoms with Crippen LogP contribution in [0.5, 0.6) is 0 Å². The maximum atomic E-state index is 11.8. The Kier molecular flexibility index (Phi) is 6.91. The van der Waals surface area contributed by atoms with Crippen molar-refractivity contribution in [2.45, 2.75) is 6.04 Å². The number of urea groups is 1. The van der Waals surface area contributed by atoms with Gasteiger partial charge in [0.2, 0.25) is 0 Å². The van der Waals surface area contributed by atoms with E-state index in [2.05, 4.69) is 15.5 Å². The van der Waals surface area contributed by atoms with Gasteiger partial charge in [0.05, 0.1) is 25.2 Å². The van der Waals surface area contributed by atoms with E-state index in [1.54, 1.807) is 19.6 Å². The molecule has 1 atom stereocenters. The van der Waals surface area contributed by atoms with Gasteiger partial charge in [-0.05, 0) is 6.07 Å². The van der Waals surface area contributed by atoms with Crippen LogP contribution in [0.4, 0.5) is 4.79 Å². The normalized spacial score (nSPS) is 17.4. The molecule has 1 aromatic heterocycles. The molecule has 0 aliphatic carbocycles. The van der Waals surface area contributed by atoms with E-state index in [0.717, 1.165) is 30.2 Å². The van der Waals surface area contributed by atoms with Crippen LogP contribution in [-0.2, 0) is 4.74 Å². The third-order valence-electron chi connectivity index (χ3n) is 3.46. The second kappa shape index (κ2) is 8.96. The van der Waals surface area contributed by atoms with Gasteiger partial charge in [-0.3, -0.25) is 4.90 Å². The molecule has 0 bridgehead atoms. The Morgan fingerprint density at radius 3 is 2.95 bits per heavy atom. The fourth-order valence-corrected chi connectivity index (χ4v) is 3.26. The average molecular weight is 313 g/mol. The van der Waals surface area contributed by atoms with E-state index in [9.17, 15) is 4.79 Å². The van der Waals surface area contributed by atoms with Crippen LogP contribution in [0.25, 0.3) is 0 Å². The monoisotopic (exact) mass is 313 g/mol. The Bertz CT molecular complexity index is 408. The molecule has 1 fully saturated rings. The Hall–Kier alpha value is -1.18. The van der Waals surface area contributed by atoms with Gasteiger partial charge < -0.3 is 19.8 Å². The number of methoxy groups -OCH3 is 1. The first-order valence-electron chi connectivity index (χ1n) is 7.16. The fourth-order valence-electron chi connectivity index (χ4n) is 2.33. The van der Waals surface area contributed by atoms with Crippen molar-refractivity contribution in [2.24, 2.45) is 0 Å². The number of furan rings is 1. The Morgan fingerprint density at radius 2 is 2.29 bits per heavy atom. The zero-order valence-electron chi connectivity index (χ0n) is 12.3. The van der Waals surface area contributed by atoms with E-state index in [-0.39, 0.29) is 12.1 Å². The average Bonchev–Trinajstić information content (AvgIpc) is 3.03. The number of nitrogens with zero attached hydrogens (tertiary/aromatic N) is 1. The van der Waals surface area contributed by atoms with Crippen molar-refractivity contribution in [3.8, 4) is 0 Å². The molecule has 2 rings (SSSR count). The summed E-state index contributed by atoms with van der Waals surface area (Å²) in [5.74, 6) is 2.27.